The van der Waals surface area contributed by atoms with Crippen molar-refractivity contribution in [3.63, 3.8) is 0 Å². The van der Waals surface area contributed by atoms with Crippen molar-refractivity contribution in [2.75, 3.05) is 4.90 Å². The topological polar surface area (TPSA) is 8.17 Å². The second kappa shape index (κ2) is 14.0. The lowest BCUT2D eigenvalue weighted by molar-refractivity contribution is 0.985. The Kier molecular flexibility index (Phi) is 8.02. The summed E-state index contributed by atoms with van der Waals surface area (Å²) in [5, 5.41) is 10.0. The van der Waals surface area contributed by atoms with Crippen molar-refractivity contribution in [1.82, 2.24) is 4.57 Å². The van der Waals surface area contributed by atoms with Gasteiger partial charge in [0.15, 0.2) is 0 Å². The minimum Gasteiger partial charge on any atom is -0.310 e. The number of aromatic nitrogens is 1. The second-order valence-electron chi connectivity index (χ2n) is 16.0. The fraction of sp³-hybridized carbons (Fsp3) is 0.0345. The number of aryl methyl sites for hydroxylation is 1. The molecule has 0 unspecified atom stereocenters. The Balaban J connectivity index is 1.03. The van der Waals surface area contributed by atoms with E-state index >= 15 is 0 Å². The van der Waals surface area contributed by atoms with Gasteiger partial charge >= 0.3 is 0 Å². The number of rotatable bonds is 6. The van der Waals surface area contributed by atoms with Gasteiger partial charge in [-0.2, -0.15) is 0 Å². The molecule has 0 fully saturated rings. The number of hydrogen-bond acceptors (Lipinski definition) is 1. The van der Waals surface area contributed by atoms with E-state index in [9.17, 15) is 0 Å². The van der Waals surface area contributed by atoms with E-state index in [2.05, 4.69) is 228 Å². The molecule has 0 saturated carbocycles. The van der Waals surface area contributed by atoms with Gasteiger partial charge in [0.1, 0.15) is 0 Å². The van der Waals surface area contributed by atoms with Crippen LogP contribution >= 0.6 is 0 Å². The van der Waals surface area contributed by atoms with Gasteiger partial charge in [-0.15, -0.1) is 0 Å². The summed E-state index contributed by atoms with van der Waals surface area (Å²) in [5.41, 5.74) is 14.7. The molecule has 12 rings (SSSR count). The Labute approximate surface area is 349 Å². The van der Waals surface area contributed by atoms with E-state index in [0.29, 0.717) is 0 Å². The van der Waals surface area contributed by atoms with Gasteiger partial charge in [-0.25, -0.2) is 0 Å². The number of benzene rings is 10. The van der Waals surface area contributed by atoms with Crippen molar-refractivity contribution in [3.8, 4) is 27.9 Å². The first-order valence-corrected chi connectivity index (χ1v) is 21.0. The van der Waals surface area contributed by atoms with E-state index in [-0.39, 0.29) is 0 Å². The van der Waals surface area contributed by atoms with E-state index in [1.54, 1.807) is 0 Å². The molecule has 2 nitrogen and oxygen atoms in total. The van der Waals surface area contributed by atoms with Crippen LogP contribution in [0, 0.1) is 0 Å². The lowest BCUT2D eigenvalue weighted by Crippen LogP contribution is -2.12. The molecule has 0 aliphatic heterocycles. The molecule has 0 bridgehead atoms. The van der Waals surface area contributed by atoms with Crippen LogP contribution in [0.2, 0.25) is 0 Å². The molecule has 10 aromatic carbocycles. The van der Waals surface area contributed by atoms with Crippen LogP contribution in [-0.2, 0) is 6.42 Å². The van der Waals surface area contributed by atoms with Crippen molar-refractivity contribution >= 4 is 77.3 Å². The zero-order chi connectivity index (χ0) is 39.6. The van der Waals surface area contributed by atoms with Crippen LogP contribution in [-0.4, -0.2) is 4.57 Å². The van der Waals surface area contributed by atoms with Crippen molar-refractivity contribution in [1.29, 1.82) is 0 Å². The summed E-state index contributed by atoms with van der Waals surface area (Å²) in [4.78, 5) is 2.46. The summed E-state index contributed by atoms with van der Waals surface area (Å²) < 4.78 is 2.43. The van der Waals surface area contributed by atoms with Crippen molar-refractivity contribution in [2.45, 2.75) is 12.8 Å². The molecule has 282 valence electrons. The van der Waals surface area contributed by atoms with Crippen LogP contribution < -0.4 is 4.90 Å². The molecule has 1 aliphatic carbocycles. The standard InChI is InChI=1S/C58H40N2/c1-2-14-39(15-3-1)55-38-46(36-43-17-5-7-19-48(43)55)59(45-33-30-42-27-26-40-16-4-6-18-47(40)54(42)37-45)44-31-28-41(29-32-44)49-34-35-58(51-21-9-8-20-50(49)51)60-56-24-12-10-22-52(56)53-23-11-13-25-57(53)60/h1-4,6-16,18-38H,5,17H2. The fourth-order valence-corrected chi connectivity index (χ4v) is 9.80. The van der Waals surface area contributed by atoms with Crippen LogP contribution in [0.15, 0.2) is 212 Å². The predicted octanol–water partition coefficient (Wildman–Crippen LogP) is 16.0. The zero-order valence-corrected chi connectivity index (χ0v) is 33.1. The molecule has 11 aromatic rings. The van der Waals surface area contributed by atoms with Gasteiger partial charge in [0, 0.05) is 33.2 Å². The molecule has 1 aromatic heterocycles. The molecule has 60 heavy (non-hydrogen) atoms. The Morgan fingerprint density at radius 3 is 1.75 bits per heavy atom. The zero-order valence-electron chi connectivity index (χ0n) is 33.1. The lowest BCUT2D eigenvalue weighted by atomic mass is 9.89. The summed E-state index contributed by atoms with van der Waals surface area (Å²) in [6.45, 7) is 0. The number of allylic oxidation sites excluding steroid dienone is 1. The molecule has 0 amide bonds. The summed E-state index contributed by atoms with van der Waals surface area (Å²) >= 11 is 0. The van der Waals surface area contributed by atoms with Crippen molar-refractivity contribution in [2.24, 2.45) is 0 Å². The molecule has 0 N–H and O–H groups in total. The maximum absolute atomic E-state index is 2.46. The van der Waals surface area contributed by atoms with Gasteiger partial charge in [0.2, 0.25) is 0 Å². The first-order chi connectivity index (χ1) is 29.8. The maximum atomic E-state index is 2.46. The Morgan fingerprint density at radius 1 is 0.383 bits per heavy atom. The summed E-state index contributed by atoms with van der Waals surface area (Å²) in [6, 6.07) is 76.0. The van der Waals surface area contributed by atoms with Crippen molar-refractivity contribution in [3.05, 3.63) is 223 Å². The Hall–Kier alpha value is -7.68. The number of para-hydroxylation sites is 2. The van der Waals surface area contributed by atoms with Gasteiger partial charge in [0.25, 0.3) is 0 Å². The smallest absolute Gasteiger partial charge is 0.0541 e. The van der Waals surface area contributed by atoms with Gasteiger partial charge in [0.05, 0.1) is 16.7 Å². The number of hydrogen-bond donors (Lipinski definition) is 0. The molecule has 1 aliphatic rings. The van der Waals surface area contributed by atoms with Crippen molar-refractivity contribution < 1.29 is 0 Å². The average molecular weight is 765 g/mol. The molecule has 0 radical (unpaired) electrons. The highest BCUT2D eigenvalue weighted by atomic mass is 15.1. The Bertz CT molecular complexity index is 3430. The third-order valence-corrected chi connectivity index (χ3v) is 12.6. The molecule has 0 atom stereocenters. The number of nitrogens with zero attached hydrogens (tertiary/aromatic N) is 2. The van der Waals surface area contributed by atoms with E-state index in [4.69, 9.17) is 0 Å². The largest absolute Gasteiger partial charge is 0.310 e. The van der Waals surface area contributed by atoms with Crippen LogP contribution in [0.1, 0.15) is 17.5 Å². The molecule has 0 spiro atoms. The molecule has 1 heterocycles. The van der Waals surface area contributed by atoms with Crippen LogP contribution in [0.5, 0.6) is 0 Å². The first-order valence-electron chi connectivity index (χ1n) is 21.0. The quantitative estimate of drug-likeness (QED) is 0.153. The highest BCUT2D eigenvalue weighted by Crippen LogP contribution is 2.44. The second-order valence-corrected chi connectivity index (χ2v) is 16.0. The summed E-state index contributed by atoms with van der Waals surface area (Å²) in [5.74, 6) is 0. The highest BCUT2D eigenvalue weighted by Gasteiger charge is 2.21. The third-order valence-electron chi connectivity index (χ3n) is 12.6. The lowest BCUT2D eigenvalue weighted by Gasteiger charge is -2.29. The summed E-state index contributed by atoms with van der Waals surface area (Å²) in [6.07, 6.45) is 6.71. The SMILES string of the molecule is C1=Cc2c(cc(N(c3ccc(-c4ccc(-n5c6ccccc6c6ccccc65)c5ccccc45)cc3)c3ccc4ccc5ccccc5c4c3)cc2-c2ccccc2)CC1. The molecular formula is C58H40N2. The predicted molar refractivity (Wildman–Crippen MR) is 256 cm³/mol. The van der Waals surface area contributed by atoms with Gasteiger partial charge in [-0.1, -0.05) is 164 Å². The Morgan fingerprint density at radius 2 is 0.983 bits per heavy atom. The van der Waals surface area contributed by atoms with Crippen LogP contribution in [0.25, 0.3) is 88.1 Å². The molecule has 2 heteroatoms. The fourth-order valence-electron chi connectivity index (χ4n) is 9.80. The number of fused-ring (bicyclic) bond motifs is 8. The summed E-state index contributed by atoms with van der Waals surface area (Å²) in [7, 11) is 0. The average Bonchev–Trinajstić information content (AvgIpc) is 3.65. The highest BCUT2D eigenvalue weighted by molar-refractivity contribution is 6.12. The minimum atomic E-state index is 1.02. The van der Waals surface area contributed by atoms with E-state index in [1.807, 2.05) is 0 Å². The van der Waals surface area contributed by atoms with Gasteiger partial charge in [-0.3, -0.25) is 0 Å². The van der Waals surface area contributed by atoms with Crippen LogP contribution in [0.3, 0.4) is 0 Å². The van der Waals surface area contributed by atoms with E-state index < -0.39 is 0 Å². The monoisotopic (exact) mass is 764 g/mol. The van der Waals surface area contributed by atoms with Gasteiger partial charge in [-0.05, 0) is 128 Å². The normalized spacial score (nSPS) is 12.5. The van der Waals surface area contributed by atoms with Crippen LogP contribution in [0.4, 0.5) is 17.1 Å². The molecule has 0 saturated heterocycles. The van der Waals surface area contributed by atoms with E-state index in [0.717, 1.165) is 29.9 Å². The maximum Gasteiger partial charge on any atom is 0.0541 e. The first kappa shape index (κ1) is 34.4. The third kappa shape index (κ3) is 5.56. The van der Waals surface area contributed by atoms with E-state index in [1.165, 1.54) is 93.2 Å². The minimum absolute atomic E-state index is 1.02. The van der Waals surface area contributed by atoms with Gasteiger partial charge < -0.3 is 9.47 Å². The number of anilines is 3. The molecular weight excluding hydrogens is 725 g/mol.